The van der Waals surface area contributed by atoms with E-state index < -0.39 is 22.1 Å². The summed E-state index contributed by atoms with van der Waals surface area (Å²) in [6.45, 7) is 2.75. The lowest BCUT2D eigenvalue weighted by Gasteiger charge is -2.28. The Kier molecular flexibility index (Phi) is 8.71. The predicted octanol–water partition coefficient (Wildman–Crippen LogP) is 2.91. The van der Waals surface area contributed by atoms with Gasteiger partial charge in [0, 0.05) is 25.6 Å². The van der Waals surface area contributed by atoms with Crippen LogP contribution >= 0.6 is 0 Å². The number of urea groups is 2. The van der Waals surface area contributed by atoms with Crippen LogP contribution in [-0.4, -0.2) is 50.4 Å². The Labute approximate surface area is 195 Å². The van der Waals surface area contributed by atoms with E-state index in [0.29, 0.717) is 31.8 Å². The summed E-state index contributed by atoms with van der Waals surface area (Å²) in [5.74, 6) is 0.144. The maximum absolute atomic E-state index is 12.5. The van der Waals surface area contributed by atoms with E-state index in [1.54, 1.807) is 12.1 Å². The van der Waals surface area contributed by atoms with Gasteiger partial charge in [0.25, 0.3) is 10.0 Å². The van der Waals surface area contributed by atoms with Crippen LogP contribution in [0.1, 0.15) is 63.9 Å². The van der Waals surface area contributed by atoms with Gasteiger partial charge in [-0.25, -0.2) is 22.7 Å². The number of imide groups is 1. The minimum Gasteiger partial charge on any atom is -0.337 e. The molecule has 1 aliphatic heterocycles. The number of carbonyl (C=O) groups excluding carboxylic acids is 3. The molecule has 1 atom stereocenters. The summed E-state index contributed by atoms with van der Waals surface area (Å²) in [5.41, 5.74) is 0.829. The number of likely N-dealkylation sites (tertiary alicyclic amines) is 1. The lowest BCUT2D eigenvalue weighted by Crippen LogP contribution is -2.48. The van der Waals surface area contributed by atoms with E-state index in [0.717, 1.165) is 50.5 Å². The van der Waals surface area contributed by atoms with E-state index >= 15 is 0 Å². The average Bonchev–Trinajstić information content (AvgIpc) is 3.02. The fraction of sp³-hybridized carbons (Fsp3) is 0.609. The number of nitrogens with one attached hydrogen (secondary N) is 3. The van der Waals surface area contributed by atoms with E-state index in [-0.39, 0.29) is 16.8 Å². The summed E-state index contributed by atoms with van der Waals surface area (Å²) in [7, 11) is -3.97. The molecular formula is C23H34N4O5S. The number of rotatable bonds is 6. The Morgan fingerprint density at radius 2 is 1.70 bits per heavy atom. The number of sulfonamides is 1. The van der Waals surface area contributed by atoms with Gasteiger partial charge in [-0.3, -0.25) is 9.69 Å². The van der Waals surface area contributed by atoms with Gasteiger partial charge in [-0.2, -0.15) is 0 Å². The molecule has 1 aromatic rings. The van der Waals surface area contributed by atoms with Crippen LogP contribution < -0.4 is 15.4 Å². The second kappa shape index (κ2) is 11.5. The molecule has 1 heterocycles. The molecule has 182 valence electrons. The van der Waals surface area contributed by atoms with Crippen molar-refractivity contribution in [2.75, 3.05) is 13.1 Å². The van der Waals surface area contributed by atoms with Gasteiger partial charge in [-0.15, -0.1) is 0 Å². The molecule has 2 fully saturated rings. The molecule has 1 aliphatic carbocycles. The second-order valence-electron chi connectivity index (χ2n) is 9.04. The van der Waals surface area contributed by atoms with Crippen molar-refractivity contribution in [2.24, 2.45) is 5.92 Å². The van der Waals surface area contributed by atoms with Gasteiger partial charge in [0.1, 0.15) is 0 Å². The Hall–Kier alpha value is -2.62. The molecule has 0 spiro atoms. The fourth-order valence-electron chi connectivity index (χ4n) is 4.26. The molecule has 1 saturated heterocycles. The zero-order chi connectivity index (χ0) is 23.8. The first kappa shape index (κ1) is 25.0. The highest BCUT2D eigenvalue weighted by Crippen LogP contribution is 2.18. The molecule has 33 heavy (non-hydrogen) atoms. The zero-order valence-electron chi connectivity index (χ0n) is 19.1. The van der Waals surface area contributed by atoms with Crippen molar-refractivity contribution in [3.63, 3.8) is 0 Å². The predicted molar refractivity (Wildman–Crippen MR) is 124 cm³/mol. The first-order valence-corrected chi connectivity index (χ1v) is 13.2. The fourth-order valence-corrected chi connectivity index (χ4v) is 5.18. The number of carbonyl (C=O) groups is 3. The Morgan fingerprint density at radius 1 is 1.03 bits per heavy atom. The summed E-state index contributed by atoms with van der Waals surface area (Å²) in [5, 5.41) is 5.51. The molecule has 10 heteroatoms. The molecule has 5 amide bonds. The van der Waals surface area contributed by atoms with Crippen molar-refractivity contribution in [3.8, 4) is 0 Å². The van der Waals surface area contributed by atoms with E-state index in [9.17, 15) is 22.8 Å². The smallest absolute Gasteiger partial charge is 0.328 e. The van der Waals surface area contributed by atoms with Gasteiger partial charge < -0.3 is 10.6 Å². The lowest BCUT2D eigenvalue weighted by molar-refractivity contribution is -0.131. The van der Waals surface area contributed by atoms with E-state index in [4.69, 9.17) is 0 Å². The number of nitrogens with zero attached hydrogens (tertiary/aromatic N) is 1. The van der Waals surface area contributed by atoms with Crippen molar-refractivity contribution >= 4 is 28.0 Å². The molecule has 1 unspecified atom stereocenters. The maximum Gasteiger partial charge on any atom is 0.328 e. The number of hydrogen-bond acceptors (Lipinski definition) is 5. The monoisotopic (exact) mass is 478 g/mol. The van der Waals surface area contributed by atoms with E-state index in [1.165, 1.54) is 17.0 Å². The minimum absolute atomic E-state index is 0.000616. The highest BCUT2D eigenvalue weighted by atomic mass is 32.2. The van der Waals surface area contributed by atoms with Gasteiger partial charge in [0.2, 0.25) is 5.91 Å². The maximum atomic E-state index is 12.5. The van der Waals surface area contributed by atoms with Crippen LogP contribution in [0.4, 0.5) is 9.59 Å². The molecule has 3 rings (SSSR count). The summed E-state index contributed by atoms with van der Waals surface area (Å²) in [4.78, 5) is 37.6. The molecule has 0 aromatic heterocycles. The molecule has 3 N–H and O–H groups in total. The van der Waals surface area contributed by atoms with Gasteiger partial charge in [-0.1, -0.05) is 44.7 Å². The van der Waals surface area contributed by atoms with Crippen molar-refractivity contribution < 1.29 is 22.8 Å². The highest BCUT2D eigenvalue weighted by Gasteiger charge is 2.27. The van der Waals surface area contributed by atoms with Crippen molar-refractivity contribution in [2.45, 2.75) is 75.6 Å². The SMILES string of the molecule is CC1CCN(C(=O)NCCc2ccc(S(=O)(=O)NC(=O)NC3CCCCCC3)cc2)C(=O)C1. The molecule has 2 aliphatic rings. The van der Waals surface area contributed by atoms with Crippen LogP contribution in [0.25, 0.3) is 0 Å². The number of benzene rings is 1. The summed E-state index contributed by atoms with van der Waals surface area (Å²) in [6, 6.07) is 5.09. The number of piperidine rings is 1. The summed E-state index contributed by atoms with van der Waals surface area (Å²) >= 11 is 0. The summed E-state index contributed by atoms with van der Waals surface area (Å²) in [6.07, 6.45) is 7.76. The number of amides is 5. The molecule has 1 aromatic carbocycles. The molecule has 1 saturated carbocycles. The third kappa shape index (κ3) is 7.45. The molecular weight excluding hydrogens is 444 g/mol. The van der Waals surface area contributed by atoms with Crippen LogP contribution in [0.5, 0.6) is 0 Å². The minimum atomic E-state index is -3.97. The summed E-state index contributed by atoms with van der Waals surface area (Å²) < 4.78 is 27.1. The van der Waals surface area contributed by atoms with Crippen LogP contribution in [0.15, 0.2) is 29.2 Å². The molecule has 9 nitrogen and oxygen atoms in total. The van der Waals surface area contributed by atoms with Crippen LogP contribution in [-0.2, 0) is 21.2 Å². The normalized spacial score (nSPS) is 20.1. The van der Waals surface area contributed by atoms with Crippen LogP contribution in [0, 0.1) is 5.92 Å². The van der Waals surface area contributed by atoms with Crippen LogP contribution in [0.3, 0.4) is 0 Å². The highest BCUT2D eigenvalue weighted by molar-refractivity contribution is 7.90. The number of hydrogen-bond donors (Lipinski definition) is 3. The molecule has 0 radical (unpaired) electrons. The van der Waals surface area contributed by atoms with Crippen molar-refractivity contribution in [1.29, 1.82) is 0 Å². The third-order valence-electron chi connectivity index (χ3n) is 6.26. The largest absolute Gasteiger partial charge is 0.337 e. The van der Waals surface area contributed by atoms with Crippen LogP contribution in [0.2, 0.25) is 0 Å². The quantitative estimate of drug-likeness (QED) is 0.542. The lowest BCUT2D eigenvalue weighted by atomic mass is 9.99. The Balaban J connectivity index is 1.46. The standard InChI is InChI=1S/C23H34N4O5S/c1-17-13-15-27(21(28)16-17)23(30)24-14-12-18-8-10-20(11-9-18)33(31,32)26-22(29)25-19-6-4-2-3-5-7-19/h8-11,17,19H,2-7,12-16H2,1H3,(H,24,30)(H2,25,26,29). The third-order valence-corrected chi connectivity index (χ3v) is 7.60. The van der Waals surface area contributed by atoms with Crippen molar-refractivity contribution in [1.82, 2.24) is 20.3 Å². The average molecular weight is 479 g/mol. The van der Waals surface area contributed by atoms with E-state index in [2.05, 4.69) is 15.4 Å². The zero-order valence-corrected chi connectivity index (χ0v) is 20.0. The van der Waals surface area contributed by atoms with Gasteiger partial charge in [-0.05, 0) is 49.3 Å². The Morgan fingerprint density at radius 3 is 2.33 bits per heavy atom. The van der Waals surface area contributed by atoms with E-state index in [1.807, 2.05) is 6.92 Å². The van der Waals surface area contributed by atoms with Gasteiger partial charge >= 0.3 is 12.1 Å². The Bertz CT molecular complexity index is 940. The van der Waals surface area contributed by atoms with Gasteiger partial charge in [0.15, 0.2) is 0 Å². The second-order valence-corrected chi connectivity index (χ2v) is 10.7. The van der Waals surface area contributed by atoms with Gasteiger partial charge in [0.05, 0.1) is 4.90 Å². The van der Waals surface area contributed by atoms with Crippen molar-refractivity contribution in [3.05, 3.63) is 29.8 Å². The first-order chi connectivity index (χ1) is 15.7. The first-order valence-electron chi connectivity index (χ1n) is 11.7. The topological polar surface area (TPSA) is 125 Å². The molecule has 0 bridgehead atoms.